The fourth-order valence-corrected chi connectivity index (χ4v) is 1.38. The van der Waals surface area contributed by atoms with Crippen LogP contribution in [-0.4, -0.2) is 24.4 Å². The summed E-state index contributed by atoms with van der Waals surface area (Å²) in [6.45, 7) is 0.360. The summed E-state index contributed by atoms with van der Waals surface area (Å²) in [6, 6.07) is 0. The van der Waals surface area contributed by atoms with E-state index in [1.165, 1.54) is 18.4 Å². The normalized spacial score (nSPS) is 9.83. The van der Waals surface area contributed by atoms with Crippen LogP contribution in [0, 0.1) is 0 Å². The summed E-state index contributed by atoms with van der Waals surface area (Å²) in [7, 11) is 1.52. The molecule has 0 atom stereocenters. The maximum atomic E-state index is 11.2. The van der Waals surface area contributed by atoms with Gasteiger partial charge in [0, 0.05) is 11.8 Å². The first-order valence-electron chi connectivity index (χ1n) is 3.50. The lowest BCUT2D eigenvalue weighted by Crippen LogP contribution is -2.08. The number of rotatable bonds is 4. The fraction of sp³-hybridized carbons (Fsp3) is 0.429. The highest BCUT2D eigenvalue weighted by molar-refractivity contribution is 7.11. The molecule has 0 bridgehead atoms. The zero-order valence-corrected chi connectivity index (χ0v) is 7.56. The molecule has 0 radical (unpaired) electrons. The predicted molar refractivity (Wildman–Crippen MR) is 46.7 cm³/mol. The molecule has 0 aliphatic heterocycles. The van der Waals surface area contributed by atoms with Gasteiger partial charge in [0.2, 0.25) is 0 Å². The third-order valence-electron chi connectivity index (χ3n) is 1.31. The van der Waals surface area contributed by atoms with Gasteiger partial charge in [-0.15, -0.1) is 0 Å². The molecule has 1 heterocycles. The van der Waals surface area contributed by atoms with Gasteiger partial charge in [0.1, 0.15) is 5.69 Å². The number of nitrogens with two attached hydrogens (primary N) is 1. The molecule has 0 fully saturated rings. The Morgan fingerprint density at radius 2 is 2.58 bits per heavy atom. The minimum atomic E-state index is -0.0305. The number of ether oxygens (including phenoxy) is 1. The van der Waals surface area contributed by atoms with Crippen molar-refractivity contribution in [1.82, 2.24) is 4.98 Å². The van der Waals surface area contributed by atoms with Crippen molar-refractivity contribution >= 4 is 17.1 Å². The molecule has 0 aromatic carbocycles. The molecule has 4 nitrogen and oxygen atoms in total. The van der Waals surface area contributed by atoms with Gasteiger partial charge in [0.05, 0.1) is 7.11 Å². The Bertz CT molecular complexity index is 272. The Labute approximate surface area is 74.4 Å². The van der Waals surface area contributed by atoms with E-state index in [0.717, 1.165) is 0 Å². The van der Waals surface area contributed by atoms with E-state index in [0.29, 0.717) is 23.9 Å². The van der Waals surface area contributed by atoms with Gasteiger partial charge in [-0.3, -0.25) is 4.79 Å². The summed E-state index contributed by atoms with van der Waals surface area (Å²) >= 11 is 1.31. The number of nitrogens with zero attached hydrogens (tertiary/aromatic N) is 1. The van der Waals surface area contributed by atoms with Crippen LogP contribution in [0.3, 0.4) is 0 Å². The summed E-state index contributed by atoms with van der Waals surface area (Å²) in [4.78, 5) is 15.1. The van der Waals surface area contributed by atoms with Crippen molar-refractivity contribution in [2.75, 3.05) is 13.7 Å². The lowest BCUT2D eigenvalue weighted by atomic mass is 10.2. The van der Waals surface area contributed by atoms with E-state index in [1.807, 2.05) is 0 Å². The molecule has 0 saturated heterocycles. The van der Waals surface area contributed by atoms with Gasteiger partial charge in [-0.25, -0.2) is 0 Å². The lowest BCUT2D eigenvalue weighted by Gasteiger charge is -1.91. The Balaban J connectivity index is 2.68. The third kappa shape index (κ3) is 2.02. The van der Waals surface area contributed by atoms with Crippen molar-refractivity contribution in [2.45, 2.75) is 6.42 Å². The number of thiazole rings is 1. The number of methoxy groups -OCH3 is 1. The second kappa shape index (κ2) is 4.18. The number of Topliss-reactive ketones (excluding diaryl/α,β-unsaturated/α-hetero) is 1. The number of carbonyl (C=O) groups excluding carboxylic acids is 1. The van der Waals surface area contributed by atoms with Crippen molar-refractivity contribution in [3.8, 4) is 5.19 Å². The summed E-state index contributed by atoms with van der Waals surface area (Å²) in [6.07, 6.45) is 0.340. The van der Waals surface area contributed by atoms with Crippen LogP contribution in [0.4, 0.5) is 0 Å². The molecule has 0 spiro atoms. The van der Waals surface area contributed by atoms with Gasteiger partial charge in [0.25, 0.3) is 5.19 Å². The third-order valence-corrected chi connectivity index (χ3v) is 2.12. The second-order valence-electron chi connectivity index (χ2n) is 2.16. The summed E-state index contributed by atoms with van der Waals surface area (Å²) < 4.78 is 4.85. The minimum absolute atomic E-state index is 0.0305. The lowest BCUT2D eigenvalue weighted by molar-refractivity contribution is 0.0980. The molecular formula is C7H10N2O2S. The molecule has 66 valence electrons. The van der Waals surface area contributed by atoms with E-state index in [4.69, 9.17) is 10.5 Å². The fourth-order valence-electron chi connectivity index (χ4n) is 0.738. The van der Waals surface area contributed by atoms with E-state index in [-0.39, 0.29) is 5.78 Å². The summed E-state index contributed by atoms with van der Waals surface area (Å²) in [5.74, 6) is -0.0305. The van der Waals surface area contributed by atoms with Crippen molar-refractivity contribution in [3.05, 3.63) is 11.1 Å². The zero-order valence-electron chi connectivity index (χ0n) is 6.74. The van der Waals surface area contributed by atoms with Crippen molar-refractivity contribution < 1.29 is 9.53 Å². The van der Waals surface area contributed by atoms with Crippen molar-refractivity contribution in [1.29, 1.82) is 0 Å². The van der Waals surface area contributed by atoms with E-state index < -0.39 is 0 Å². The van der Waals surface area contributed by atoms with E-state index in [2.05, 4.69) is 4.98 Å². The van der Waals surface area contributed by atoms with E-state index in [1.54, 1.807) is 5.38 Å². The van der Waals surface area contributed by atoms with E-state index in [9.17, 15) is 4.79 Å². The van der Waals surface area contributed by atoms with E-state index >= 15 is 0 Å². The Kier molecular flexibility index (Phi) is 3.19. The Hall–Kier alpha value is -0.940. The molecule has 1 aromatic rings. The maximum Gasteiger partial charge on any atom is 0.273 e. The van der Waals surface area contributed by atoms with Gasteiger partial charge in [-0.1, -0.05) is 11.3 Å². The van der Waals surface area contributed by atoms with Crippen LogP contribution in [0.2, 0.25) is 0 Å². The standard InChI is InChI=1S/C7H10N2O2S/c1-11-7-9-5(4-12-7)6(10)2-3-8/h4H,2-3,8H2,1H3. The molecule has 0 amide bonds. The second-order valence-corrected chi connectivity index (χ2v) is 2.99. The Morgan fingerprint density at radius 3 is 3.08 bits per heavy atom. The molecule has 1 aromatic heterocycles. The van der Waals surface area contributed by atoms with Gasteiger partial charge in [-0.05, 0) is 6.54 Å². The molecule has 1 rings (SSSR count). The van der Waals surface area contributed by atoms with Gasteiger partial charge < -0.3 is 10.5 Å². The monoisotopic (exact) mass is 186 g/mol. The molecule has 12 heavy (non-hydrogen) atoms. The van der Waals surface area contributed by atoms with Crippen LogP contribution >= 0.6 is 11.3 Å². The molecular weight excluding hydrogens is 176 g/mol. The average Bonchev–Trinajstić information content (AvgIpc) is 2.52. The van der Waals surface area contributed by atoms with Gasteiger partial charge in [-0.2, -0.15) is 4.98 Å². The molecule has 0 aliphatic carbocycles. The van der Waals surface area contributed by atoms with Crippen LogP contribution in [-0.2, 0) is 0 Å². The number of carbonyl (C=O) groups is 1. The van der Waals surface area contributed by atoms with Crippen LogP contribution in [0.15, 0.2) is 5.38 Å². The summed E-state index contributed by atoms with van der Waals surface area (Å²) in [5.41, 5.74) is 5.68. The maximum absolute atomic E-state index is 11.2. The first kappa shape index (κ1) is 9.15. The highest BCUT2D eigenvalue weighted by Gasteiger charge is 2.09. The predicted octanol–water partition coefficient (Wildman–Crippen LogP) is 0.683. The highest BCUT2D eigenvalue weighted by Crippen LogP contribution is 2.17. The number of ketones is 1. The number of hydrogen-bond donors (Lipinski definition) is 1. The quantitative estimate of drug-likeness (QED) is 0.702. The molecule has 5 heteroatoms. The summed E-state index contributed by atoms with van der Waals surface area (Å²) in [5, 5.41) is 2.19. The first-order chi connectivity index (χ1) is 5.77. The van der Waals surface area contributed by atoms with Crippen molar-refractivity contribution in [3.63, 3.8) is 0 Å². The highest BCUT2D eigenvalue weighted by atomic mass is 32.1. The first-order valence-corrected chi connectivity index (χ1v) is 4.38. The molecule has 0 aliphatic rings. The smallest absolute Gasteiger partial charge is 0.273 e. The van der Waals surface area contributed by atoms with Crippen LogP contribution in [0.1, 0.15) is 16.9 Å². The number of hydrogen-bond acceptors (Lipinski definition) is 5. The molecule has 0 unspecified atom stereocenters. The van der Waals surface area contributed by atoms with Crippen LogP contribution in [0.25, 0.3) is 0 Å². The zero-order chi connectivity index (χ0) is 8.97. The van der Waals surface area contributed by atoms with Crippen molar-refractivity contribution in [2.24, 2.45) is 5.73 Å². The number of aromatic nitrogens is 1. The van der Waals surface area contributed by atoms with Crippen LogP contribution in [0.5, 0.6) is 5.19 Å². The topological polar surface area (TPSA) is 65.2 Å². The van der Waals surface area contributed by atoms with Gasteiger partial charge in [0.15, 0.2) is 5.78 Å². The average molecular weight is 186 g/mol. The molecule has 2 N–H and O–H groups in total. The Morgan fingerprint density at radius 1 is 1.83 bits per heavy atom. The van der Waals surface area contributed by atoms with Gasteiger partial charge >= 0.3 is 0 Å². The molecule has 0 saturated carbocycles. The SMILES string of the molecule is COc1nc(C(=O)CCN)cs1. The largest absolute Gasteiger partial charge is 0.473 e. The van der Waals surface area contributed by atoms with Crippen LogP contribution < -0.4 is 10.5 Å². The minimum Gasteiger partial charge on any atom is -0.473 e.